The summed E-state index contributed by atoms with van der Waals surface area (Å²) in [4.78, 5) is 5.84. The Labute approximate surface area is 122 Å². The van der Waals surface area contributed by atoms with Crippen molar-refractivity contribution in [1.29, 1.82) is 0 Å². The fraction of sp³-hybridized carbons (Fsp3) is 0.467. The van der Waals surface area contributed by atoms with E-state index in [9.17, 15) is 0 Å². The van der Waals surface area contributed by atoms with Crippen molar-refractivity contribution in [2.24, 2.45) is 0 Å². The second-order valence-electron chi connectivity index (χ2n) is 5.06. The van der Waals surface area contributed by atoms with E-state index < -0.39 is 0 Å². The molecule has 2 heterocycles. The third kappa shape index (κ3) is 3.19. The summed E-state index contributed by atoms with van der Waals surface area (Å²) in [5.74, 6) is 0. The Kier molecular flexibility index (Phi) is 4.21. The van der Waals surface area contributed by atoms with Crippen molar-refractivity contribution in [3.63, 3.8) is 0 Å². The second-order valence-corrected chi connectivity index (χ2v) is 5.98. The fourth-order valence-corrected chi connectivity index (χ4v) is 3.04. The Morgan fingerprint density at radius 3 is 2.95 bits per heavy atom. The van der Waals surface area contributed by atoms with E-state index in [2.05, 4.69) is 50.2 Å². The first kappa shape index (κ1) is 13.2. The number of aromatic amines is 1. The average molecular weight is 323 g/mol. The summed E-state index contributed by atoms with van der Waals surface area (Å²) >= 11 is 3.55. The number of hydrogen-bond donors (Lipinski definition) is 1. The molecule has 1 fully saturated rings. The Morgan fingerprint density at radius 2 is 2.11 bits per heavy atom. The number of benzene rings is 1. The number of H-pyrrole nitrogens is 1. The molecule has 0 spiro atoms. The van der Waals surface area contributed by atoms with E-state index in [0.29, 0.717) is 0 Å². The van der Waals surface area contributed by atoms with Gasteiger partial charge >= 0.3 is 0 Å². The lowest BCUT2D eigenvalue weighted by Gasteiger charge is -2.26. The topological polar surface area (TPSA) is 28.3 Å². The maximum atomic E-state index is 5.37. The predicted molar refractivity (Wildman–Crippen MR) is 81.6 cm³/mol. The van der Waals surface area contributed by atoms with E-state index in [1.54, 1.807) is 0 Å². The molecule has 0 atom stereocenters. The lowest BCUT2D eigenvalue weighted by molar-refractivity contribution is 0.0375. The van der Waals surface area contributed by atoms with Crippen LogP contribution in [-0.4, -0.2) is 42.7 Å². The van der Waals surface area contributed by atoms with E-state index >= 15 is 0 Å². The number of nitrogens with zero attached hydrogens (tertiary/aromatic N) is 1. The quantitative estimate of drug-likeness (QED) is 0.936. The predicted octanol–water partition coefficient (Wildman–Crippen LogP) is 3.20. The van der Waals surface area contributed by atoms with Gasteiger partial charge in [-0.1, -0.05) is 15.9 Å². The number of ether oxygens (including phenoxy) is 1. The molecular formula is C15H19BrN2O. The third-order valence-electron chi connectivity index (χ3n) is 3.75. The van der Waals surface area contributed by atoms with E-state index in [1.165, 1.54) is 29.4 Å². The number of morpholine rings is 1. The van der Waals surface area contributed by atoms with Gasteiger partial charge in [-0.05, 0) is 43.1 Å². The highest BCUT2D eigenvalue weighted by Crippen LogP contribution is 2.23. The van der Waals surface area contributed by atoms with Crippen LogP contribution in [-0.2, 0) is 11.2 Å². The van der Waals surface area contributed by atoms with Crippen molar-refractivity contribution >= 4 is 26.8 Å². The largest absolute Gasteiger partial charge is 0.379 e. The van der Waals surface area contributed by atoms with Gasteiger partial charge in [0, 0.05) is 34.7 Å². The number of halogens is 1. The normalized spacial score (nSPS) is 17.1. The summed E-state index contributed by atoms with van der Waals surface area (Å²) in [5.41, 5.74) is 2.65. The molecule has 3 rings (SSSR count). The lowest BCUT2D eigenvalue weighted by Crippen LogP contribution is -2.36. The number of fused-ring (bicyclic) bond motifs is 1. The molecule has 0 radical (unpaired) electrons. The van der Waals surface area contributed by atoms with Gasteiger partial charge in [0.1, 0.15) is 0 Å². The minimum atomic E-state index is 0.889. The van der Waals surface area contributed by atoms with Crippen LogP contribution in [0.4, 0.5) is 0 Å². The van der Waals surface area contributed by atoms with Crippen LogP contribution >= 0.6 is 15.9 Å². The van der Waals surface area contributed by atoms with E-state index in [0.717, 1.165) is 37.2 Å². The molecule has 1 aliphatic rings. The first-order valence-corrected chi connectivity index (χ1v) is 7.68. The molecule has 4 heteroatoms. The second kappa shape index (κ2) is 6.07. The highest BCUT2D eigenvalue weighted by atomic mass is 79.9. The van der Waals surface area contributed by atoms with Gasteiger partial charge in [-0.2, -0.15) is 0 Å². The van der Waals surface area contributed by atoms with Crippen molar-refractivity contribution in [1.82, 2.24) is 9.88 Å². The molecule has 1 aromatic carbocycles. The molecule has 0 aliphatic carbocycles. The summed E-state index contributed by atoms with van der Waals surface area (Å²) in [5, 5.41) is 1.34. The molecule has 0 saturated carbocycles. The Morgan fingerprint density at radius 1 is 1.26 bits per heavy atom. The average Bonchev–Trinajstić information content (AvgIpc) is 2.83. The number of nitrogens with one attached hydrogen (secondary N) is 1. The molecule has 2 aromatic rings. The van der Waals surface area contributed by atoms with Gasteiger partial charge in [-0.15, -0.1) is 0 Å². The Hall–Kier alpha value is -0.840. The van der Waals surface area contributed by atoms with Gasteiger partial charge in [0.15, 0.2) is 0 Å². The van der Waals surface area contributed by atoms with Gasteiger partial charge in [0.2, 0.25) is 0 Å². The van der Waals surface area contributed by atoms with Crippen LogP contribution in [0.15, 0.2) is 28.9 Å². The summed E-state index contributed by atoms with van der Waals surface area (Å²) in [7, 11) is 0. The molecule has 1 saturated heterocycles. The van der Waals surface area contributed by atoms with Crippen LogP contribution in [0.5, 0.6) is 0 Å². The molecule has 1 aliphatic heterocycles. The molecule has 19 heavy (non-hydrogen) atoms. The summed E-state index contributed by atoms with van der Waals surface area (Å²) < 4.78 is 6.52. The molecule has 1 N–H and O–H groups in total. The van der Waals surface area contributed by atoms with Crippen molar-refractivity contribution in [2.75, 3.05) is 32.8 Å². The standard InChI is InChI=1S/C15H19BrN2O/c16-13-3-4-15-14(10-13)12(11-17-15)2-1-5-18-6-8-19-9-7-18/h3-4,10-11,17H,1-2,5-9H2. The number of aryl methyl sites for hydroxylation is 1. The van der Waals surface area contributed by atoms with Crippen LogP contribution in [0, 0.1) is 0 Å². The summed E-state index contributed by atoms with van der Waals surface area (Å²) in [6, 6.07) is 6.41. The zero-order chi connectivity index (χ0) is 13.1. The lowest BCUT2D eigenvalue weighted by atomic mass is 10.1. The van der Waals surface area contributed by atoms with E-state index in [1.807, 2.05) is 0 Å². The highest BCUT2D eigenvalue weighted by Gasteiger charge is 2.10. The molecule has 1 aromatic heterocycles. The SMILES string of the molecule is Brc1ccc2[nH]cc(CCCN3CCOCC3)c2c1. The third-order valence-corrected chi connectivity index (χ3v) is 4.25. The highest BCUT2D eigenvalue weighted by molar-refractivity contribution is 9.10. The van der Waals surface area contributed by atoms with Crippen molar-refractivity contribution in [3.05, 3.63) is 34.4 Å². The van der Waals surface area contributed by atoms with Gasteiger partial charge < -0.3 is 9.72 Å². The van der Waals surface area contributed by atoms with Crippen molar-refractivity contribution in [3.8, 4) is 0 Å². The van der Waals surface area contributed by atoms with Crippen molar-refractivity contribution < 1.29 is 4.74 Å². The Bertz CT molecular complexity index is 546. The zero-order valence-corrected chi connectivity index (χ0v) is 12.6. The molecule has 0 amide bonds. The van der Waals surface area contributed by atoms with Crippen LogP contribution in [0.3, 0.4) is 0 Å². The smallest absolute Gasteiger partial charge is 0.0594 e. The van der Waals surface area contributed by atoms with E-state index in [-0.39, 0.29) is 0 Å². The van der Waals surface area contributed by atoms with Crippen LogP contribution in [0.25, 0.3) is 10.9 Å². The van der Waals surface area contributed by atoms with Gasteiger partial charge in [-0.3, -0.25) is 4.90 Å². The number of aromatic nitrogens is 1. The summed E-state index contributed by atoms with van der Waals surface area (Å²) in [6.07, 6.45) is 4.49. The van der Waals surface area contributed by atoms with Crippen molar-refractivity contribution in [2.45, 2.75) is 12.8 Å². The zero-order valence-electron chi connectivity index (χ0n) is 11.0. The molecule has 102 valence electrons. The van der Waals surface area contributed by atoms with Gasteiger partial charge in [0.25, 0.3) is 0 Å². The monoisotopic (exact) mass is 322 g/mol. The van der Waals surface area contributed by atoms with Crippen LogP contribution in [0.1, 0.15) is 12.0 Å². The first-order valence-electron chi connectivity index (χ1n) is 6.88. The Balaban J connectivity index is 1.60. The van der Waals surface area contributed by atoms with Crippen LogP contribution < -0.4 is 0 Å². The minimum absolute atomic E-state index is 0.889. The molecular weight excluding hydrogens is 304 g/mol. The minimum Gasteiger partial charge on any atom is -0.379 e. The number of rotatable bonds is 4. The maximum Gasteiger partial charge on any atom is 0.0594 e. The first-order chi connectivity index (χ1) is 9.33. The van der Waals surface area contributed by atoms with Gasteiger partial charge in [-0.25, -0.2) is 0 Å². The number of hydrogen-bond acceptors (Lipinski definition) is 2. The summed E-state index contributed by atoms with van der Waals surface area (Å²) in [6.45, 7) is 5.11. The maximum absolute atomic E-state index is 5.37. The molecule has 0 bridgehead atoms. The van der Waals surface area contributed by atoms with E-state index in [4.69, 9.17) is 4.74 Å². The fourth-order valence-electron chi connectivity index (χ4n) is 2.68. The van der Waals surface area contributed by atoms with Crippen LogP contribution in [0.2, 0.25) is 0 Å². The van der Waals surface area contributed by atoms with Gasteiger partial charge in [0.05, 0.1) is 13.2 Å². The molecule has 0 unspecified atom stereocenters. The molecule has 3 nitrogen and oxygen atoms in total.